The summed E-state index contributed by atoms with van der Waals surface area (Å²) >= 11 is 0. The summed E-state index contributed by atoms with van der Waals surface area (Å²) in [6.45, 7) is 1.29. The second-order valence-electron chi connectivity index (χ2n) is 3.80. The van der Waals surface area contributed by atoms with Crippen LogP contribution in [-0.2, 0) is 14.6 Å². The molecule has 7 heteroatoms. The van der Waals surface area contributed by atoms with E-state index in [0.29, 0.717) is 0 Å². The molecular weight excluding hydrogens is 258 g/mol. The van der Waals surface area contributed by atoms with Crippen LogP contribution < -0.4 is 5.32 Å². The van der Waals surface area contributed by atoms with Crippen molar-refractivity contribution in [2.45, 2.75) is 17.9 Å². The molecule has 0 heterocycles. The number of nitrogens with one attached hydrogen (secondary N) is 1. The van der Waals surface area contributed by atoms with E-state index >= 15 is 0 Å². The number of benzene rings is 1. The molecule has 0 aliphatic heterocycles. The lowest BCUT2D eigenvalue weighted by Crippen LogP contribution is -2.38. The summed E-state index contributed by atoms with van der Waals surface area (Å²) in [5.41, 5.74) is -0.0619. The molecule has 6 nitrogen and oxygen atoms in total. The molecule has 0 aromatic heterocycles. The van der Waals surface area contributed by atoms with Gasteiger partial charge in [-0.3, -0.25) is 9.59 Å². The van der Waals surface area contributed by atoms with Crippen molar-refractivity contribution in [2.24, 2.45) is 0 Å². The highest BCUT2D eigenvalue weighted by Gasteiger charge is 2.21. The van der Waals surface area contributed by atoms with E-state index in [0.717, 1.165) is 6.26 Å². The van der Waals surface area contributed by atoms with Crippen molar-refractivity contribution >= 4 is 21.7 Å². The zero-order chi connectivity index (χ0) is 13.9. The Morgan fingerprint density at radius 2 is 1.83 bits per heavy atom. The van der Waals surface area contributed by atoms with Gasteiger partial charge in [-0.2, -0.15) is 0 Å². The highest BCUT2D eigenvalue weighted by atomic mass is 32.2. The van der Waals surface area contributed by atoms with E-state index in [4.69, 9.17) is 5.11 Å². The zero-order valence-corrected chi connectivity index (χ0v) is 10.7. The van der Waals surface area contributed by atoms with Crippen LogP contribution in [0.15, 0.2) is 29.2 Å². The topological polar surface area (TPSA) is 101 Å². The highest BCUT2D eigenvalue weighted by molar-refractivity contribution is 7.90. The Bertz CT molecular complexity index is 579. The fraction of sp³-hybridized carbons (Fsp3) is 0.273. The molecule has 18 heavy (non-hydrogen) atoms. The van der Waals surface area contributed by atoms with Crippen LogP contribution in [0.25, 0.3) is 0 Å². The molecule has 1 aromatic carbocycles. The van der Waals surface area contributed by atoms with Gasteiger partial charge < -0.3 is 10.4 Å². The van der Waals surface area contributed by atoms with Crippen molar-refractivity contribution in [3.63, 3.8) is 0 Å². The van der Waals surface area contributed by atoms with Gasteiger partial charge in [-0.25, -0.2) is 8.42 Å². The van der Waals surface area contributed by atoms with Crippen LogP contribution in [0.3, 0.4) is 0 Å². The normalized spacial score (nSPS) is 12.8. The van der Waals surface area contributed by atoms with Crippen molar-refractivity contribution in [2.75, 3.05) is 6.26 Å². The Balaban J connectivity index is 3.11. The number of sulfone groups is 1. The molecule has 0 spiro atoms. The van der Waals surface area contributed by atoms with Gasteiger partial charge >= 0.3 is 5.97 Å². The SMILES string of the molecule is C[C@@H](NC(=O)c1ccccc1S(C)(=O)=O)C(=O)O. The van der Waals surface area contributed by atoms with Crippen LogP contribution >= 0.6 is 0 Å². The van der Waals surface area contributed by atoms with Crippen LogP contribution in [0.2, 0.25) is 0 Å². The van der Waals surface area contributed by atoms with E-state index < -0.39 is 27.8 Å². The number of aliphatic carboxylic acids is 1. The Morgan fingerprint density at radius 1 is 1.28 bits per heavy atom. The monoisotopic (exact) mass is 271 g/mol. The van der Waals surface area contributed by atoms with E-state index in [1.807, 2.05) is 0 Å². The average molecular weight is 271 g/mol. The number of hydrogen-bond acceptors (Lipinski definition) is 4. The van der Waals surface area contributed by atoms with E-state index in [-0.39, 0.29) is 10.5 Å². The smallest absolute Gasteiger partial charge is 0.325 e. The first-order valence-electron chi connectivity index (χ1n) is 5.06. The van der Waals surface area contributed by atoms with Crippen molar-refractivity contribution in [1.29, 1.82) is 0 Å². The number of amides is 1. The summed E-state index contributed by atoms with van der Waals surface area (Å²) in [7, 11) is -3.54. The van der Waals surface area contributed by atoms with E-state index in [1.165, 1.54) is 31.2 Å². The van der Waals surface area contributed by atoms with Gasteiger partial charge in [0.25, 0.3) is 5.91 Å². The summed E-state index contributed by atoms with van der Waals surface area (Å²) in [6, 6.07) is 4.55. The van der Waals surface area contributed by atoms with Gasteiger partial charge in [0, 0.05) is 6.26 Å². The first-order chi connectivity index (χ1) is 8.23. The van der Waals surface area contributed by atoms with E-state index in [9.17, 15) is 18.0 Å². The molecule has 1 atom stereocenters. The second kappa shape index (κ2) is 5.18. The van der Waals surface area contributed by atoms with E-state index in [1.54, 1.807) is 0 Å². The molecule has 2 N–H and O–H groups in total. The molecule has 0 aliphatic carbocycles. The number of carbonyl (C=O) groups excluding carboxylic acids is 1. The molecule has 0 saturated carbocycles. The summed E-state index contributed by atoms with van der Waals surface area (Å²) in [5.74, 6) is -1.92. The third-order valence-electron chi connectivity index (χ3n) is 2.25. The third-order valence-corrected chi connectivity index (χ3v) is 3.40. The predicted molar refractivity (Wildman–Crippen MR) is 64.1 cm³/mol. The minimum Gasteiger partial charge on any atom is -0.480 e. The van der Waals surface area contributed by atoms with Crippen LogP contribution in [0, 0.1) is 0 Å². The number of rotatable bonds is 4. The standard InChI is InChI=1S/C11H13NO5S/c1-7(11(14)15)12-10(13)8-5-3-4-6-9(8)18(2,16)17/h3-7H,1-2H3,(H,12,13)(H,14,15)/t7-/m1/s1. The molecule has 0 bridgehead atoms. The second-order valence-corrected chi connectivity index (χ2v) is 5.79. The molecular formula is C11H13NO5S. The van der Waals surface area contributed by atoms with Gasteiger partial charge in [-0.1, -0.05) is 12.1 Å². The Kier molecular flexibility index (Phi) is 4.07. The highest BCUT2D eigenvalue weighted by Crippen LogP contribution is 2.15. The molecule has 0 radical (unpaired) electrons. The molecule has 1 aromatic rings. The van der Waals surface area contributed by atoms with Crippen LogP contribution in [0.1, 0.15) is 17.3 Å². The predicted octanol–water partition coefficient (Wildman–Crippen LogP) is 0.293. The Hall–Kier alpha value is -1.89. The fourth-order valence-electron chi connectivity index (χ4n) is 1.31. The van der Waals surface area contributed by atoms with Crippen molar-refractivity contribution in [1.82, 2.24) is 5.32 Å². The summed E-state index contributed by atoms with van der Waals surface area (Å²) in [4.78, 5) is 22.3. The van der Waals surface area contributed by atoms with Gasteiger partial charge in [0.05, 0.1) is 10.5 Å². The number of carboxylic acids is 1. The van der Waals surface area contributed by atoms with Gasteiger partial charge in [0.15, 0.2) is 9.84 Å². The lowest BCUT2D eigenvalue weighted by Gasteiger charge is -2.11. The van der Waals surface area contributed by atoms with Crippen LogP contribution in [-0.4, -0.2) is 37.7 Å². The number of hydrogen-bond donors (Lipinski definition) is 2. The van der Waals surface area contributed by atoms with Gasteiger partial charge in [-0.05, 0) is 19.1 Å². The first kappa shape index (κ1) is 14.2. The maximum Gasteiger partial charge on any atom is 0.325 e. The largest absolute Gasteiger partial charge is 0.480 e. The van der Waals surface area contributed by atoms with Crippen LogP contribution in [0.5, 0.6) is 0 Å². The summed E-state index contributed by atoms with van der Waals surface area (Å²) < 4.78 is 23.0. The molecule has 1 amide bonds. The molecule has 0 fully saturated rings. The molecule has 0 unspecified atom stereocenters. The number of carboxylic acid groups (broad SMARTS) is 1. The van der Waals surface area contributed by atoms with Crippen molar-refractivity contribution < 1.29 is 23.1 Å². The van der Waals surface area contributed by atoms with Crippen molar-refractivity contribution in [3.8, 4) is 0 Å². The van der Waals surface area contributed by atoms with Crippen LogP contribution in [0.4, 0.5) is 0 Å². The van der Waals surface area contributed by atoms with Gasteiger partial charge in [0.1, 0.15) is 6.04 Å². The third kappa shape index (κ3) is 3.30. The minimum absolute atomic E-state index is 0.0619. The molecule has 0 saturated heterocycles. The Morgan fingerprint density at radius 3 is 2.33 bits per heavy atom. The maximum absolute atomic E-state index is 11.8. The maximum atomic E-state index is 11.8. The summed E-state index contributed by atoms with van der Waals surface area (Å²) in [5, 5.41) is 10.9. The minimum atomic E-state index is -3.54. The number of carbonyl (C=O) groups is 2. The average Bonchev–Trinajstić information content (AvgIpc) is 2.27. The first-order valence-corrected chi connectivity index (χ1v) is 6.95. The molecule has 98 valence electrons. The lowest BCUT2D eigenvalue weighted by molar-refractivity contribution is -0.138. The summed E-state index contributed by atoms with van der Waals surface area (Å²) in [6.07, 6.45) is 0.986. The van der Waals surface area contributed by atoms with Crippen molar-refractivity contribution in [3.05, 3.63) is 29.8 Å². The molecule has 0 aliphatic rings. The molecule has 1 rings (SSSR count). The quantitative estimate of drug-likeness (QED) is 0.820. The Labute approximate surface area is 105 Å². The lowest BCUT2D eigenvalue weighted by atomic mass is 10.2. The van der Waals surface area contributed by atoms with E-state index in [2.05, 4.69) is 5.32 Å². The van der Waals surface area contributed by atoms with Gasteiger partial charge in [-0.15, -0.1) is 0 Å². The zero-order valence-electron chi connectivity index (χ0n) is 9.88. The van der Waals surface area contributed by atoms with Gasteiger partial charge in [0.2, 0.25) is 0 Å². The fourth-order valence-corrected chi connectivity index (χ4v) is 2.20.